The molecule has 0 amide bonds. The molecule has 4 heteroatoms. The van der Waals surface area contributed by atoms with E-state index in [9.17, 15) is 4.89 Å². The molecule has 0 aliphatic heterocycles. The van der Waals surface area contributed by atoms with Gasteiger partial charge in [0.25, 0.3) is 0 Å². The van der Waals surface area contributed by atoms with Gasteiger partial charge >= 0.3 is 7.94 Å². The lowest BCUT2D eigenvalue weighted by molar-refractivity contribution is 0.211. The quantitative estimate of drug-likeness (QED) is 0.496. The van der Waals surface area contributed by atoms with E-state index in [0.29, 0.717) is 13.2 Å². The predicted molar refractivity (Wildman–Crippen MR) is 47.4 cm³/mol. The largest absolute Gasteiger partial charge is 0.406 e. The summed E-state index contributed by atoms with van der Waals surface area (Å²) in [5.41, 5.74) is 0. The van der Waals surface area contributed by atoms with Gasteiger partial charge in [-0.25, -0.2) is 0 Å². The molecule has 3 nitrogen and oxygen atoms in total. The molecule has 0 aromatic heterocycles. The minimum Gasteiger partial charge on any atom is -0.193 e. The third-order valence-corrected chi connectivity index (χ3v) is 2.12. The topological polar surface area (TPSA) is 38.7 Å². The summed E-state index contributed by atoms with van der Waals surface area (Å²) in [5, 5.41) is 0. The van der Waals surface area contributed by atoms with Crippen LogP contribution in [0.2, 0.25) is 0 Å². The summed E-state index contributed by atoms with van der Waals surface area (Å²) >= 11 is 0. The molecule has 11 heavy (non-hydrogen) atoms. The van der Waals surface area contributed by atoms with Gasteiger partial charge in [0.05, 0.1) is 0 Å². The van der Waals surface area contributed by atoms with Crippen molar-refractivity contribution in [1.29, 1.82) is 0 Å². The Bertz CT molecular complexity index is 120. The van der Waals surface area contributed by atoms with Crippen molar-refractivity contribution in [3.63, 3.8) is 0 Å². The first-order valence-electron chi connectivity index (χ1n) is 3.22. The first-order chi connectivity index (χ1) is 5.12. The molecule has 0 aromatic carbocycles. The van der Waals surface area contributed by atoms with Gasteiger partial charge in [0.1, 0.15) is 19.9 Å². The van der Waals surface area contributed by atoms with E-state index >= 15 is 0 Å². The number of hydrogen-bond acceptors (Lipinski definition) is 3. The van der Waals surface area contributed by atoms with Crippen LogP contribution in [0.25, 0.3) is 0 Å². The molecule has 0 saturated carbocycles. The van der Waals surface area contributed by atoms with E-state index < -0.39 is 7.94 Å². The zero-order valence-corrected chi connectivity index (χ0v) is 7.59. The van der Waals surface area contributed by atoms with Crippen LogP contribution >= 0.6 is 7.94 Å². The summed E-state index contributed by atoms with van der Waals surface area (Å²) in [7, 11) is -2.62. The Balaban J connectivity index is 3.59. The van der Waals surface area contributed by atoms with Gasteiger partial charge in [-0.05, 0) is 0 Å². The average Bonchev–Trinajstić information content (AvgIpc) is 1.97. The number of rotatable bonds is 6. The first kappa shape index (κ1) is 10.8. The maximum Gasteiger partial charge on any atom is 0.406 e. The Morgan fingerprint density at radius 2 is 1.64 bits per heavy atom. The standard InChI is InChI=1S/C7H14O3P/c1-4-6-9-11(3,8)10-7-5-2/h4-5,8H,1-2,6-7H2,3H3/q+1. The summed E-state index contributed by atoms with van der Waals surface area (Å²) < 4.78 is 9.92. The highest BCUT2D eigenvalue weighted by atomic mass is 31.2. The molecule has 64 valence electrons. The van der Waals surface area contributed by atoms with E-state index in [2.05, 4.69) is 13.2 Å². The van der Waals surface area contributed by atoms with Crippen molar-refractivity contribution in [1.82, 2.24) is 0 Å². The van der Waals surface area contributed by atoms with Crippen molar-refractivity contribution < 1.29 is 13.9 Å². The molecule has 0 aliphatic rings. The second-order valence-corrected chi connectivity index (χ2v) is 4.09. The molecule has 0 spiro atoms. The van der Waals surface area contributed by atoms with Gasteiger partial charge in [0, 0.05) is 0 Å². The van der Waals surface area contributed by atoms with Crippen LogP contribution in [-0.4, -0.2) is 24.8 Å². The Labute approximate surface area is 67.9 Å². The SMILES string of the molecule is C=CCO[P+](C)(O)OCC=C. The van der Waals surface area contributed by atoms with Gasteiger partial charge in [-0.3, -0.25) is 0 Å². The smallest absolute Gasteiger partial charge is 0.193 e. The van der Waals surface area contributed by atoms with Gasteiger partial charge in [-0.2, -0.15) is 13.9 Å². The number of hydrogen-bond donors (Lipinski definition) is 1. The van der Waals surface area contributed by atoms with Crippen molar-refractivity contribution in [3.05, 3.63) is 25.3 Å². The predicted octanol–water partition coefficient (Wildman–Crippen LogP) is 1.78. The zero-order chi connectivity index (χ0) is 8.74. The van der Waals surface area contributed by atoms with Crippen LogP contribution in [0, 0.1) is 0 Å². The van der Waals surface area contributed by atoms with Gasteiger partial charge in [-0.1, -0.05) is 12.2 Å². The van der Waals surface area contributed by atoms with Crippen molar-refractivity contribution in [2.24, 2.45) is 0 Å². The van der Waals surface area contributed by atoms with E-state index in [1.165, 1.54) is 6.66 Å². The van der Waals surface area contributed by atoms with E-state index in [0.717, 1.165) is 0 Å². The van der Waals surface area contributed by atoms with Crippen LogP contribution in [0.5, 0.6) is 0 Å². The van der Waals surface area contributed by atoms with Crippen LogP contribution < -0.4 is 0 Å². The van der Waals surface area contributed by atoms with Crippen molar-refractivity contribution in [2.45, 2.75) is 0 Å². The fourth-order valence-electron chi connectivity index (χ4n) is 0.419. The molecule has 0 aromatic rings. The maximum absolute atomic E-state index is 9.35. The average molecular weight is 177 g/mol. The van der Waals surface area contributed by atoms with E-state index in [-0.39, 0.29) is 0 Å². The van der Waals surface area contributed by atoms with E-state index in [1.54, 1.807) is 12.2 Å². The molecule has 0 unspecified atom stereocenters. The molecular weight excluding hydrogens is 163 g/mol. The highest BCUT2D eigenvalue weighted by Gasteiger charge is 2.32. The molecule has 0 radical (unpaired) electrons. The Morgan fingerprint density at radius 3 is 1.91 bits per heavy atom. The fourth-order valence-corrected chi connectivity index (χ4v) is 1.26. The van der Waals surface area contributed by atoms with Crippen molar-refractivity contribution >= 4 is 7.94 Å². The third kappa shape index (κ3) is 6.20. The van der Waals surface area contributed by atoms with E-state index in [1.807, 2.05) is 0 Å². The lowest BCUT2D eigenvalue weighted by atomic mass is 10.7. The molecular formula is C7H14O3P+. The first-order valence-corrected chi connectivity index (χ1v) is 5.25. The lowest BCUT2D eigenvalue weighted by Crippen LogP contribution is -2.00. The minimum absolute atomic E-state index is 0.303. The molecule has 0 bridgehead atoms. The second kappa shape index (κ2) is 5.44. The summed E-state index contributed by atoms with van der Waals surface area (Å²) in [6, 6.07) is 0. The molecule has 0 rings (SSSR count). The Morgan fingerprint density at radius 1 is 1.27 bits per heavy atom. The summed E-state index contributed by atoms with van der Waals surface area (Å²) in [6.45, 7) is 9.03. The van der Waals surface area contributed by atoms with Crippen LogP contribution in [0.1, 0.15) is 0 Å². The summed E-state index contributed by atoms with van der Waals surface area (Å²) in [4.78, 5) is 9.35. The molecule has 0 aliphatic carbocycles. The zero-order valence-electron chi connectivity index (χ0n) is 6.69. The monoisotopic (exact) mass is 177 g/mol. The Kier molecular flexibility index (Phi) is 5.34. The van der Waals surface area contributed by atoms with Crippen LogP contribution in [0.4, 0.5) is 0 Å². The molecule has 1 N–H and O–H groups in total. The van der Waals surface area contributed by atoms with Crippen molar-refractivity contribution in [3.8, 4) is 0 Å². The lowest BCUT2D eigenvalue weighted by Gasteiger charge is -2.09. The maximum atomic E-state index is 9.35. The highest BCUT2D eigenvalue weighted by Crippen LogP contribution is 2.52. The highest BCUT2D eigenvalue weighted by molar-refractivity contribution is 7.59. The molecule has 0 saturated heterocycles. The summed E-state index contributed by atoms with van der Waals surface area (Å²) in [6.07, 6.45) is 3.12. The summed E-state index contributed by atoms with van der Waals surface area (Å²) in [5.74, 6) is 0. The van der Waals surface area contributed by atoms with Gasteiger partial charge in [0.15, 0.2) is 0 Å². The molecule has 0 atom stereocenters. The fraction of sp³-hybridized carbons (Fsp3) is 0.429. The van der Waals surface area contributed by atoms with Gasteiger partial charge in [0.2, 0.25) is 0 Å². The minimum atomic E-state index is -2.62. The third-order valence-electron chi connectivity index (χ3n) is 0.864. The van der Waals surface area contributed by atoms with Gasteiger partial charge in [-0.15, -0.1) is 13.2 Å². The molecule has 0 heterocycles. The van der Waals surface area contributed by atoms with Crippen LogP contribution in [0.3, 0.4) is 0 Å². The normalized spacial score (nSPS) is 11.1. The van der Waals surface area contributed by atoms with Crippen LogP contribution in [-0.2, 0) is 9.05 Å². The Hall–Kier alpha value is -0.210. The van der Waals surface area contributed by atoms with Crippen molar-refractivity contribution in [2.75, 3.05) is 19.9 Å². The van der Waals surface area contributed by atoms with Gasteiger partial charge < -0.3 is 0 Å². The second-order valence-electron chi connectivity index (χ2n) is 1.97. The van der Waals surface area contributed by atoms with Crippen LogP contribution in [0.15, 0.2) is 25.3 Å². The molecule has 0 fully saturated rings. The van der Waals surface area contributed by atoms with E-state index in [4.69, 9.17) is 9.05 Å².